The van der Waals surface area contributed by atoms with Crippen molar-refractivity contribution in [3.8, 4) is 0 Å². The quantitative estimate of drug-likeness (QED) is 0.400. The van der Waals surface area contributed by atoms with Crippen LogP contribution in [-0.4, -0.2) is 47.9 Å². The fourth-order valence-electron chi connectivity index (χ4n) is 1.54. The van der Waals surface area contributed by atoms with E-state index in [1.807, 2.05) is 0 Å². The van der Waals surface area contributed by atoms with Crippen LogP contribution in [0.3, 0.4) is 0 Å². The van der Waals surface area contributed by atoms with Gasteiger partial charge in [0, 0.05) is 0 Å². The van der Waals surface area contributed by atoms with Crippen LogP contribution in [0, 0.1) is 0 Å². The van der Waals surface area contributed by atoms with Crippen LogP contribution >= 0.6 is 0 Å². The van der Waals surface area contributed by atoms with Gasteiger partial charge in [-0.3, -0.25) is 9.59 Å². The molecule has 0 radical (unpaired) electrons. The third-order valence-electron chi connectivity index (χ3n) is 2.39. The van der Waals surface area contributed by atoms with Gasteiger partial charge in [0.25, 0.3) is 0 Å². The maximum absolute atomic E-state index is 11.5. The molecule has 0 unspecified atom stereocenters. The van der Waals surface area contributed by atoms with Crippen molar-refractivity contribution in [1.82, 2.24) is 0 Å². The van der Waals surface area contributed by atoms with Crippen molar-refractivity contribution in [2.75, 3.05) is 13.2 Å². The second-order valence-corrected chi connectivity index (χ2v) is 3.78. The molecule has 0 atom stereocenters. The van der Waals surface area contributed by atoms with Crippen LogP contribution in [0.1, 0.15) is 12.8 Å². The molecule has 7 heteroatoms. The number of carbonyl (C=O) groups excluding carboxylic acids is 3. The van der Waals surface area contributed by atoms with Gasteiger partial charge in [0.05, 0.1) is 12.8 Å². The summed E-state index contributed by atoms with van der Waals surface area (Å²) in [6, 6.07) is 0. The zero-order valence-corrected chi connectivity index (χ0v) is 8.30. The van der Waals surface area contributed by atoms with E-state index in [2.05, 4.69) is 0 Å². The Kier molecular flexibility index (Phi) is 2.55. The van der Waals surface area contributed by atoms with Crippen molar-refractivity contribution < 1.29 is 33.7 Å². The summed E-state index contributed by atoms with van der Waals surface area (Å²) in [7, 11) is 0. The standard InChI is InChI=1S/C9H10O7/c10-6-1-9(13)2-7(11)15-4-5(3-14-6)16-8(9)12/h5,13H,1-4H2. The maximum atomic E-state index is 11.5. The molecule has 16 heavy (non-hydrogen) atoms. The van der Waals surface area contributed by atoms with Crippen molar-refractivity contribution in [1.29, 1.82) is 0 Å². The molecule has 2 aliphatic rings. The van der Waals surface area contributed by atoms with Gasteiger partial charge in [-0.2, -0.15) is 0 Å². The van der Waals surface area contributed by atoms with Crippen LogP contribution < -0.4 is 0 Å². The minimum atomic E-state index is -2.17. The molecule has 0 aromatic heterocycles. The maximum Gasteiger partial charge on any atom is 0.339 e. The lowest BCUT2D eigenvalue weighted by atomic mass is 9.95. The minimum absolute atomic E-state index is 0.173. The monoisotopic (exact) mass is 230 g/mol. The Morgan fingerprint density at radius 2 is 1.56 bits per heavy atom. The smallest absolute Gasteiger partial charge is 0.339 e. The minimum Gasteiger partial charge on any atom is -0.461 e. The second-order valence-electron chi connectivity index (χ2n) is 3.78. The summed E-state index contributed by atoms with van der Waals surface area (Å²) < 4.78 is 14.3. The lowest BCUT2D eigenvalue weighted by Gasteiger charge is -2.32. The summed E-state index contributed by atoms with van der Waals surface area (Å²) >= 11 is 0. The Balaban J connectivity index is 2.31. The molecule has 0 aromatic carbocycles. The molecule has 2 heterocycles. The number of aliphatic hydroxyl groups is 1. The summed E-state index contributed by atoms with van der Waals surface area (Å²) in [4.78, 5) is 33.9. The van der Waals surface area contributed by atoms with Crippen LogP contribution in [0.5, 0.6) is 0 Å². The Labute approximate surface area is 90.3 Å². The molecule has 2 saturated heterocycles. The molecule has 2 bridgehead atoms. The fourth-order valence-corrected chi connectivity index (χ4v) is 1.54. The number of esters is 3. The largest absolute Gasteiger partial charge is 0.461 e. The number of ether oxygens (including phenoxy) is 3. The van der Waals surface area contributed by atoms with Crippen LogP contribution in [0.25, 0.3) is 0 Å². The first kappa shape index (κ1) is 10.9. The van der Waals surface area contributed by atoms with E-state index in [-0.39, 0.29) is 13.2 Å². The Bertz CT molecular complexity index is 326. The van der Waals surface area contributed by atoms with Gasteiger partial charge in [-0.05, 0) is 0 Å². The summed E-state index contributed by atoms with van der Waals surface area (Å²) in [6.45, 7) is -0.345. The third kappa shape index (κ3) is 1.99. The van der Waals surface area contributed by atoms with Crippen LogP contribution in [0.2, 0.25) is 0 Å². The predicted octanol–water partition coefficient (Wildman–Crippen LogP) is -1.48. The van der Waals surface area contributed by atoms with E-state index in [1.54, 1.807) is 0 Å². The van der Waals surface area contributed by atoms with Crippen molar-refractivity contribution in [2.24, 2.45) is 0 Å². The van der Waals surface area contributed by atoms with Gasteiger partial charge in [0.15, 0.2) is 11.7 Å². The van der Waals surface area contributed by atoms with E-state index in [9.17, 15) is 19.5 Å². The summed E-state index contributed by atoms with van der Waals surface area (Å²) in [5.74, 6) is -2.46. The van der Waals surface area contributed by atoms with Gasteiger partial charge < -0.3 is 19.3 Å². The lowest BCUT2D eigenvalue weighted by molar-refractivity contribution is -0.201. The molecule has 1 N–H and O–H groups in total. The van der Waals surface area contributed by atoms with Gasteiger partial charge in [-0.1, -0.05) is 0 Å². The number of hydrogen-bond acceptors (Lipinski definition) is 7. The van der Waals surface area contributed by atoms with Gasteiger partial charge in [-0.15, -0.1) is 0 Å². The van der Waals surface area contributed by atoms with Crippen LogP contribution in [0.15, 0.2) is 0 Å². The van der Waals surface area contributed by atoms with E-state index in [0.717, 1.165) is 0 Å². The Hall–Kier alpha value is -1.63. The zero-order chi connectivity index (χ0) is 11.8. The Morgan fingerprint density at radius 1 is 1.06 bits per heavy atom. The number of hydrogen-bond donors (Lipinski definition) is 1. The first-order chi connectivity index (χ1) is 7.49. The van der Waals surface area contributed by atoms with Crippen molar-refractivity contribution in [2.45, 2.75) is 24.5 Å². The van der Waals surface area contributed by atoms with E-state index in [4.69, 9.17) is 14.2 Å². The highest BCUT2D eigenvalue weighted by Gasteiger charge is 2.47. The average molecular weight is 230 g/mol. The fraction of sp³-hybridized carbons (Fsp3) is 0.667. The van der Waals surface area contributed by atoms with Gasteiger partial charge in [0.1, 0.15) is 13.2 Å². The average Bonchev–Trinajstić information content (AvgIpc) is 2.19. The van der Waals surface area contributed by atoms with E-state index >= 15 is 0 Å². The molecule has 0 aromatic rings. The molecule has 0 aliphatic carbocycles. The highest BCUT2D eigenvalue weighted by atomic mass is 16.6. The van der Waals surface area contributed by atoms with Gasteiger partial charge in [-0.25, -0.2) is 4.79 Å². The van der Waals surface area contributed by atoms with Crippen molar-refractivity contribution in [3.63, 3.8) is 0 Å². The number of fused-ring (bicyclic) bond motifs is 3. The molecule has 2 rings (SSSR count). The number of cyclic esters (lactones) is 2. The number of rotatable bonds is 0. The van der Waals surface area contributed by atoms with E-state index in [0.29, 0.717) is 0 Å². The molecular weight excluding hydrogens is 220 g/mol. The van der Waals surface area contributed by atoms with Gasteiger partial charge in [0.2, 0.25) is 0 Å². The zero-order valence-electron chi connectivity index (χ0n) is 8.30. The first-order valence-electron chi connectivity index (χ1n) is 4.74. The molecule has 88 valence electrons. The molecule has 0 saturated carbocycles. The van der Waals surface area contributed by atoms with Gasteiger partial charge >= 0.3 is 17.9 Å². The molecule has 2 aliphatic heterocycles. The highest BCUT2D eigenvalue weighted by Crippen LogP contribution is 2.24. The topological polar surface area (TPSA) is 99.1 Å². The Morgan fingerprint density at radius 3 is 2.06 bits per heavy atom. The molecular formula is C9H10O7. The summed E-state index contributed by atoms with van der Waals surface area (Å²) in [5.41, 5.74) is -2.17. The molecule has 7 nitrogen and oxygen atoms in total. The lowest BCUT2D eigenvalue weighted by Crippen LogP contribution is -2.51. The molecule has 0 spiro atoms. The second kappa shape index (κ2) is 3.75. The summed E-state index contributed by atoms with van der Waals surface area (Å²) in [5, 5.41) is 9.86. The van der Waals surface area contributed by atoms with Crippen molar-refractivity contribution >= 4 is 17.9 Å². The van der Waals surface area contributed by atoms with Crippen LogP contribution in [-0.2, 0) is 28.6 Å². The first-order valence-corrected chi connectivity index (χ1v) is 4.74. The molecule has 0 amide bonds. The highest BCUT2D eigenvalue weighted by molar-refractivity contribution is 5.90. The SMILES string of the molecule is O=C1CC2(O)CC(=O)OCC(CO1)OC2=O. The van der Waals surface area contributed by atoms with Crippen LogP contribution in [0.4, 0.5) is 0 Å². The summed E-state index contributed by atoms with van der Waals surface area (Å²) in [6.07, 6.45) is -2.06. The van der Waals surface area contributed by atoms with E-state index < -0.39 is 42.5 Å². The molecule has 2 fully saturated rings. The predicted molar refractivity (Wildman–Crippen MR) is 46.0 cm³/mol. The van der Waals surface area contributed by atoms with E-state index in [1.165, 1.54) is 0 Å². The number of carbonyl (C=O) groups is 3. The normalized spacial score (nSPS) is 35.1. The third-order valence-corrected chi connectivity index (χ3v) is 2.39. The van der Waals surface area contributed by atoms with Crippen molar-refractivity contribution in [3.05, 3.63) is 0 Å².